The van der Waals surface area contributed by atoms with Crippen LogP contribution in [0.1, 0.15) is 41.6 Å². The van der Waals surface area contributed by atoms with Crippen molar-refractivity contribution in [2.45, 2.75) is 26.7 Å². The summed E-state index contributed by atoms with van der Waals surface area (Å²) in [5.74, 6) is 2.73. The van der Waals surface area contributed by atoms with E-state index in [0.717, 1.165) is 17.3 Å². The quantitative estimate of drug-likeness (QED) is 0.779. The van der Waals surface area contributed by atoms with E-state index in [1.807, 2.05) is 13.0 Å². The maximum Gasteiger partial charge on any atom is 0.251 e. The number of anilines is 1. The molecule has 0 spiro atoms. The summed E-state index contributed by atoms with van der Waals surface area (Å²) in [5, 5.41) is 2.70. The van der Waals surface area contributed by atoms with Crippen LogP contribution < -0.4 is 19.7 Å². The lowest BCUT2D eigenvalue weighted by Gasteiger charge is -2.35. The highest BCUT2D eigenvalue weighted by atomic mass is 16.7. The lowest BCUT2D eigenvalue weighted by atomic mass is 10.2. The van der Waals surface area contributed by atoms with E-state index in [9.17, 15) is 9.59 Å². The van der Waals surface area contributed by atoms with Crippen LogP contribution in [0.15, 0.2) is 24.3 Å². The predicted molar refractivity (Wildman–Crippen MR) is 115 cm³/mol. The zero-order chi connectivity index (χ0) is 22.0. The minimum atomic E-state index is -0.317. The molecule has 1 aromatic carbocycles. The number of nitrogens with one attached hydrogen (secondary N) is 1. The van der Waals surface area contributed by atoms with Crippen LogP contribution in [0.3, 0.4) is 0 Å². The zero-order valence-corrected chi connectivity index (χ0v) is 18.1. The van der Waals surface area contributed by atoms with Gasteiger partial charge in [-0.2, -0.15) is 0 Å². The van der Waals surface area contributed by atoms with Gasteiger partial charge in [0.2, 0.25) is 12.7 Å². The summed E-state index contributed by atoms with van der Waals surface area (Å²) in [6.45, 7) is 8.78. The van der Waals surface area contributed by atoms with Crippen molar-refractivity contribution in [1.29, 1.82) is 0 Å². The maximum absolute atomic E-state index is 12.6. The number of hydrogen-bond donors (Lipinski definition) is 1. The fraction of sp³-hybridized carbons (Fsp3) is 0.455. The van der Waals surface area contributed by atoms with Gasteiger partial charge >= 0.3 is 0 Å². The Hall–Kier alpha value is -3.36. The standard InChI is InChI=1S/C22H27N5O4/c1-14(2)21-24-15(3)10-19(25-21)26-6-8-27(9-7-26)20(28)12-23-22(29)16-4-5-17-18(11-16)31-13-30-17/h4-5,10-11,14H,6-9,12-13H2,1-3H3,(H,23,29). The third-order valence-electron chi connectivity index (χ3n) is 5.37. The molecule has 3 heterocycles. The smallest absolute Gasteiger partial charge is 0.251 e. The molecule has 1 N–H and O–H groups in total. The number of benzene rings is 1. The first-order chi connectivity index (χ1) is 14.9. The zero-order valence-electron chi connectivity index (χ0n) is 18.1. The number of carbonyl (C=O) groups is 2. The highest BCUT2D eigenvalue weighted by Crippen LogP contribution is 2.32. The van der Waals surface area contributed by atoms with Gasteiger partial charge in [0, 0.05) is 49.4 Å². The van der Waals surface area contributed by atoms with Crippen molar-refractivity contribution in [1.82, 2.24) is 20.2 Å². The van der Waals surface area contributed by atoms with E-state index < -0.39 is 0 Å². The molecule has 31 heavy (non-hydrogen) atoms. The number of hydrogen-bond acceptors (Lipinski definition) is 7. The number of rotatable bonds is 5. The van der Waals surface area contributed by atoms with E-state index in [1.54, 1.807) is 23.1 Å². The van der Waals surface area contributed by atoms with Gasteiger partial charge in [0.05, 0.1) is 6.54 Å². The van der Waals surface area contributed by atoms with Crippen LogP contribution >= 0.6 is 0 Å². The van der Waals surface area contributed by atoms with E-state index in [1.165, 1.54) is 0 Å². The van der Waals surface area contributed by atoms with Crippen LogP contribution in [0.2, 0.25) is 0 Å². The lowest BCUT2D eigenvalue weighted by molar-refractivity contribution is -0.130. The summed E-state index contributed by atoms with van der Waals surface area (Å²) in [7, 11) is 0. The molecule has 9 heteroatoms. The van der Waals surface area contributed by atoms with Gasteiger partial charge in [-0.25, -0.2) is 9.97 Å². The van der Waals surface area contributed by atoms with Crippen molar-refractivity contribution in [3.8, 4) is 11.5 Å². The fourth-order valence-electron chi connectivity index (χ4n) is 3.59. The van der Waals surface area contributed by atoms with Gasteiger partial charge in [-0.05, 0) is 25.1 Å². The van der Waals surface area contributed by atoms with Crippen LogP contribution in [0, 0.1) is 6.92 Å². The highest BCUT2D eigenvalue weighted by Gasteiger charge is 2.23. The van der Waals surface area contributed by atoms with Gasteiger partial charge in [0.25, 0.3) is 5.91 Å². The Kier molecular flexibility index (Phi) is 5.92. The third kappa shape index (κ3) is 4.70. The largest absolute Gasteiger partial charge is 0.454 e. The number of nitrogens with zero attached hydrogens (tertiary/aromatic N) is 4. The summed E-state index contributed by atoms with van der Waals surface area (Å²) in [6, 6.07) is 6.95. The number of ether oxygens (including phenoxy) is 2. The van der Waals surface area contributed by atoms with Crippen molar-refractivity contribution in [3.05, 3.63) is 41.3 Å². The molecule has 0 unspecified atom stereocenters. The van der Waals surface area contributed by atoms with Gasteiger partial charge < -0.3 is 24.6 Å². The average Bonchev–Trinajstić information content (AvgIpc) is 3.24. The topological polar surface area (TPSA) is 96.9 Å². The van der Waals surface area contributed by atoms with Crippen LogP contribution in [-0.2, 0) is 4.79 Å². The van der Waals surface area contributed by atoms with Gasteiger partial charge in [-0.3, -0.25) is 9.59 Å². The van der Waals surface area contributed by atoms with Gasteiger partial charge in [0.15, 0.2) is 11.5 Å². The second-order valence-corrected chi connectivity index (χ2v) is 8.00. The minimum absolute atomic E-state index is 0.0443. The lowest BCUT2D eigenvalue weighted by Crippen LogP contribution is -2.51. The number of fused-ring (bicyclic) bond motifs is 1. The van der Waals surface area contributed by atoms with Crippen LogP contribution in [0.5, 0.6) is 11.5 Å². The van der Waals surface area contributed by atoms with Crippen molar-refractivity contribution in [2.24, 2.45) is 0 Å². The molecule has 0 bridgehead atoms. The molecular weight excluding hydrogens is 398 g/mol. The Morgan fingerprint density at radius 1 is 1.06 bits per heavy atom. The van der Waals surface area contributed by atoms with Crippen molar-refractivity contribution < 1.29 is 19.1 Å². The summed E-state index contributed by atoms with van der Waals surface area (Å²) in [6.07, 6.45) is 0. The Labute approximate surface area is 181 Å². The first kappa shape index (κ1) is 20.9. The molecule has 9 nitrogen and oxygen atoms in total. The predicted octanol–water partition coefficient (Wildman–Crippen LogP) is 1.72. The molecule has 0 saturated carbocycles. The average molecular weight is 425 g/mol. The Morgan fingerprint density at radius 2 is 1.81 bits per heavy atom. The van der Waals surface area contributed by atoms with Crippen molar-refractivity contribution in [2.75, 3.05) is 44.4 Å². The summed E-state index contributed by atoms with van der Waals surface area (Å²) in [4.78, 5) is 38.1. The number of aryl methyl sites for hydroxylation is 1. The molecule has 2 aromatic rings. The maximum atomic E-state index is 12.6. The first-order valence-electron chi connectivity index (χ1n) is 10.5. The van der Waals surface area contributed by atoms with E-state index >= 15 is 0 Å². The molecule has 164 valence electrons. The molecule has 1 saturated heterocycles. The number of amides is 2. The van der Waals surface area contributed by atoms with E-state index in [0.29, 0.717) is 43.2 Å². The summed E-state index contributed by atoms with van der Waals surface area (Å²) >= 11 is 0. The summed E-state index contributed by atoms with van der Waals surface area (Å²) < 4.78 is 10.5. The molecule has 0 atom stereocenters. The second kappa shape index (κ2) is 8.79. The summed E-state index contributed by atoms with van der Waals surface area (Å²) in [5.41, 5.74) is 1.38. The Bertz CT molecular complexity index is 986. The van der Waals surface area contributed by atoms with Gasteiger partial charge in [-0.15, -0.1) is 0 Å². The molecule has 1 aromatic heterocycles. The number of piperazine rings is 1. The Morgan fingerprint density at radius 3 is 2.55 bits per heavy atom. The van der Waals surface area contributed by atoms with Crippen molar-refractivity contribution >= 4 is 17.6 Å². The molecular formula is C22H27N5O4. The first-order valence-corrected chi connectivity index (χ1v) is 10.5. The molecule has 4 rings (SSSR count). The minimum Gasteiger partial charge on any atom is -0.454 e. The van der Waals surface area contributed by atoms with E-state index in [2.05, 4.69) is 34.0 Å². The van der Waals surface area contributed by atoms with Crippen LogP contribution in [0.4, 0.5) is 5.82 Å². The fourth-order valence-corrected chi connectivity index (χ4v) is 3.59. The molecule has 1 fully saturated rings. The Balaban J connectivity index is 1.29. The SMILES string of the molecule is Cc1cc(N2CCN(C(=O)CNC(=O)c3ccc4c(c3)OCO4)CC2)nc(C(C)C)n1. The van der Waals surface area contributed by atoms with E-state index in [4.69, 9.17) is 9.47 Å². The van der Waals surface area contributed by atoms with Crippen LogP contribution in [-0.4, -0.2) is 66.2 Å². The third-order valence-corrected chi connectivity index (χ3v) is 5.37. The highest BCUT2D eigenvalue weighted by molar-refractivity contribution is 5.97. The normalized spacial score (nSPS) is 15.4. The van der Waals surface area contributed by atoms with E-state index in [-0.39, 0.29) is 31.1 Å². The second-order valence-electron chi connectivity index (χ2n) is 8.00. The molecule has 2 amide bonds. The molecule has 2 aliphatic heterocycles. The molecule has 0 radical (unpaired) electrons. The van der Waals surface area contributed by atoms with Crippen molar-refractivity contribution in [3.63, 3.8) is 0 Å². The monoisotopic (exact) mass is 425 g/mol. The van der Waals surface area contributed by atoms with Gasteiger partial charge in [0.1, 0.15) is 11.6 Å². The number of aromatic nitrogens is 2. The van der Waals surface area contributed by atoms with Crippen LogP contribution in [0.25, 0.3) is 0 Å². The molecule has 0 aliphatic carbocycles. The van der Waals surface area contributed by atoms with Gasteiger partial charge in [-0.1, -0.05) is 13.8 Å². The molecule has 2 aliphatic rings. The number of carbonyl (C=O) groups excluding carboxylic acids is 2.